The number of ketones is 1. The van der Waals surface area contributed by atoms with Gasteiger partial charge in [0.25, 0.3) is 0 Å². The molecule has 0 atom stereocenters. The summed E-state index contributed by atoms with van der Waals surface area (Å²) in [6.07, 6.45) is 4.50. The molecular weight excluding hydrogens is 168 g/mol. The summed E-state index contributed by atoms with van der Waals surface area (Å²) in [5, 5.41) is 3.98. The average molecular weight is 182 g/mol. The molecule has 0 saturated carbocycles. The van der Waals surface area contributed by atoms with Gasteiger partial charge in [0.2, 0.25) is 0 Å². The second-order valence-corrected chi connectivity index (χ2v) is 2.98. The van der Waals surface area contributed by atoms with E-state index in [4.69, 9.17) is 4.74 Å². The molecule has 4 heteroatoms. The normalized spacial score (nSPS) is 10.3. The molecule has 4 nitrogen and oxygen atoms in total. The lowest BCUT2D eigenvalue weighted by Crippen LogP contribution is -2.05. The van der Waals surface area contributed by atoms with Gasteiger partial charge in [-0.2, -0.15) is 5.10 Å². The van der Waals surface area contributed by atoms with E-state index in [1.54, 1.807) is 18.0 Å². The number of hydrogen-bond donors (Lipinski definition) is 0. The highest BCUT2D eigenvalue weighted by Gasteiger charge is 2.04. The molecule has 0 aliphatic heterocycles. The molecule has 1 aromatic rings. The first-order chi connectivity index (χ1) is 6.22. The van der Waals surface area contributed by atoms with Gasteiger partial charge >= 0.3 is 0 Å². The molecule has 1 heterocycles. The van der Waals surface area contributed by atoms with Gasteiger partial charge in [0.15, 0.2) is 0 Å². The van der Waals surface area contributed by atoms with E-state index in [0.717, 1.165) is 5.56 Å². The third-order valence-electron chi connectivity index (χ3n) is 1.74. The zero-order valence-electron chi connectivity index (χ0n) is 7.99. The van der Waals surface area contributed by atoms with E-state index in [-0.39, 0.29) is 5.78 Å². The van der Waals surface area contributed by atoms with E-state index in [0.29, 0.717) is 19.4 Å². The number of rotatable bonds is 5. The van der Waals surface area contributed by atoms with E-state index in [2.05, 4.69) is 5.10 Å². The van der Waals surface area contributed by atoms with Crippen molar-refractivity contribution >= 4 is 5.78 Å². The first-order valence-electron chi connectivity index (χ1n) is 4.20. The van der Waals surface area contributed by atoms with Crippen LogP contribution in [0.3, 0.4) is 0 Å². The topological polar surface area (TPSA) is 44.1 Å². The number of aromatic nitrogens is 2. The van der Waals surface area contributed by atoms with Gasteiger partial charge in [0, 0.05) is 33.2 Å². The van der Waals surface area contributed by atoms with Crippen LogP contribution in [-0.2, 0) is 23.0 Å². The predicted octanol–water partition coefficient (Wildman–Crippen LogP) is 0.568. The number of Topliss-reactive ketones (excluding diaryl/α,β-unsaturated/α-hetero) is 1. The van der Waals surface area contributed by atoms with Crippen LogP contribution < -0.4 is 0 Å². The maximum atomic E-state index is 11.3. The second kappa shape index (κ2) is 4.77. The molecule has 0 unspecified atom stereocenters. The zero-order valence-corrected chi connectivity index (χ0v) is 7.99. The molecule has 13 heavy (non-hydrogen) atoms. The Morgan fingerprint density at radius 2 is 2.46 bits per heavy atom. The summed E-state index contributed by atoms with van der Waals surface area (Å²) in [6, 6.07) is 0. The Morgan fingerprint density at radius 1 is 1.69 bits per heavy atom. The monoisotopic (exact) mass is 182 g/mol. The molecular formula is C9H14N2O2. The largest absolute Gasteiger partial charge is 0.384 e. The molecule has 0 bridgehead atoms. The number of aryl methyl sites for hydroxylation is 1. The smallest absolute Gasteiger partial charge is 0.139 e. The van der Waals surface area contributed by atoms with Crippen LogP contribution in [0.5, 0.6) is 0 Å². The van der Waals surface area contributed by atoms with Crippen LogP contribution in [0.1, 0.15) is 12.0 Å². The summed E-state index contributed by atoms with van der Waals surface area (Å²) in [5.41, 5.74) is 0.962. The minimum absolute atomic E-state index is 0.190. The molecule has 0 spiro atoms. The molecule has 0 amide bonds. The van der Waals surface area contributed by atoms with Crippen molar-refractivity contribution in [1.29, 1.82) is 0 Å². The van der Waals surface area contributed by atoms with Gasteiger partial charge in [-0.1, -0.05) is 0 Å². The summed E-state index contributed by atoms with van der Waals surface area (Å²) in [4.78, 5) is 11.3. The lowest BCUT2D eigenvalue weighted by atomic mass is 10.1. The first-order valence-corrected chi connectivity index (χ1v) is 4.20. The van der Waals surface area contributed by atoms with Gasteiger partial charge < -0.3 is 4.74 Å². The van der Waals surface area contributed by atoms with Crippen LogP contribution in [0, 0.1) is 0 Å². The summed E-state index contributed by atoms with van der Waals surface area (Å²) in [5.74, 6) is 0.190. The quantitative estimate of drug-likeness (QED) is 0.668. The lowest BCUT2D eigenvalue weighted by molar-refractivity contribution is -0.119. The van der Waals surface area contributed by atoms with Crippen LogP contribution in [-0.4, -0.2) is 29.3 Å². The van der Waals surface area contributed by atoms with Crippen LogP contribution >= 0.6 is 0 Å². The van der Waals surface area contributed by atoms with Gasteiger partial charge in [-0.05, 0) is 5.56 Å². The van der Waals surface area contributed by atoms with Crippen molar-refractivity contribution in [2.45, 2.75) is 12.8 Å². The lowest BCUT2D eigenvalue weighted by Gasteiger charge is -1.96. The summed E-state index contributed by atoms with van der Waals surface area (Å²) >= 11 is 0. The number of ether oxygens (including phenoxy) is 1. The standard InChI is InChI=1S/C9H14N2O2/c1-11-7-8(6-10-11)5-9(12)3-4-13-2/h6-7H,3-5H2,1-2H3. The van der Waals surface area contributed by atoms with Crippen molar-refractivity contribution in [2.24, 2.45) is 7.05 Å². The predicted molar refractivity (Wildman–Crippen MR) is 48.4 cm³/mol. The fourth-order valence-electron chi connectivity index (χ4n) is 1.10. The van der Waals surface area contributed by atoms with Crippen molar-refractivity contribution in [2.75, 3.05) is 13.7 Å². The van der Waals surface area contributed by atoms with Crippen molar-refractivity contribution in [3.05, 3.63) is 18.0 Å². The number of carbonyl (C=O) groups is 1. The number of hydrogen-bond acceptors (Lipinski definition) is 3. The van der Waals surface area contributed by atoms with Crippen LogP contribution in [0.15, 0.2) is 12.4 Å². The molecule has 0 aliphatic carbocycles. The maximum absolute atomic E-state index is 11.3. The fraction of sp³-hybridized carbons (Fsp3) is 0.556. The Bertz CT molecular complexity index is 281. The molecule has 72 valence electrons. The Balaban J connectivity index is 2.36. The number of methoxy groups -OCH3 is 1. The Kier molecular flexibility index (Phi) is 3.64. The van der Waals surface area contributed by atoms with Crippen molar-refractivity contribution < 1.29 is 9.53 Å². The van der Waals surface area contributed by atoms with E-state index >= 15 is 0 Å². The Morgan fingerprint density at radius 3 is 3.00 bits per heavy atom. The molecule has 0 N–H and O–H groups in total. The molecule has 1 aromatic heterocycles. The first kappa shape index (κ1) is 9.92. The van der Waals surface area contributed by atoms with Crippen molar-refractivity contribution in [3.8, 4) is 0 Å². The molecule has 1 rings (SSSR count). The average Bonchev–Trinajstić information content (AvgIpc) is 2.48. The second-order valence-electron chi connectivity index (χ2n) is 2.98. The van der Waals surface area contributed by atoms with Gasteiger partial charge in [0.05, 0.1) is 12.8 Å². The fourth-order valence-corrected chi connectivity index (χ4v) is 1.10. The van der Waals surface area contributed by atoms with Gasteiger partial charge in [-0.3, -0.25) is 9.48 Å². The minimum Gasteiger partial charge on any atom is -0.384 e. The Hall–Kier alpha value is -1.16. The third kappa shape index (κ3) is 3.38. The van der Waals surface area contributed by atoms with Crippen molar-refractivity contribution in [1.82, 2.24) is 9.78 Å². The minimum atomic E-state index is 0.190. The summed E-state index contributed by atoms with van der Waals surface area (Å²) in [7, 11) is 3.43. The summed E-state index contributed by atoms with van der Waals surface area (Å²) < 4.78 is 6.51. The van der Waals surface area contributed by atoms with Gasteiger partial charge in [-0.25, -0.2) is 0 Å². The number of nitrogens with zero attached hydrogens (tertiary/aromatic N) is 2. The molecule has 0 radical (unpaired) electrons. The summed E-state index contributed by atoms with van der Waals surface area (Å²) in [6.45, 7) is 0.499. The number of carbonyl (C=O) groups excluding carboxylic acids is 1. The van der Waals surface area contributed by atoms with E-state index in [1.165, 1.54) is 0 Å². The highest BCUT2D eigenvalue weighted by Crippen LogP contribution is 2.00. The third-order valence-corrected chi connectivity index (χ3v) is 1.74. The molecule has 0 fully saturated rings. The zero-order chi connectivity index (χ0) is 9.68. The van der Waals surface area contributed by atoms with Gasteiger partial charge in [0.1, 0.15) is 5.78 Å². The van der Waals surface area contributed by atoms with E-state index < -0.39 is 0 Å². The Labute approximate surface area is 77.5 Å². The SMILES string of the molecule is COCCC(=O)Cc1cnn(C)c1. The highest BCUT2D eigenvalue weighted by molar-refractivity contribution is 5.80. The maximum Gasteiger partial charge on any atom is 0.139 e. The highest BCUT2D eigenvalue weighted by atomic mass is 16.5. The van der Waals surface area contributed by atoms with Crippen LogP contribution in [0.4, 0.5) is 0 Å². The van der Waals surface area contributed by atoms with Gasteiger partial charge in [-0.15, -0.1) is 0 Å². The molecule has 0 aromatic carbocycles. The molecule has 0 saturated heterocycles. The van der Waals surface area contributed by atoms with Crippen LogP contribution in [0.2, 0.25) is 0 Å². The van der Waals surface area contributed by atoms with Crippen molar-refractivity contribution in [3.63, 3.8) is 0 Å². The molecule has 0 aliphatic rings. The van der Waals surface area contributed by atoms with E-state index in [1.807, 2.05) is 13.2 Å². The van der Waals surface area contributed by atoms with E-state index in [9.17, 15) is 4.79 Å². The van der Waals surface area contributed by atoms with Crippen LogP contribution in [0.25, 0.3) is 0 Å².